The van der Waals surface area contributed by atoms with Crippen LogP contribution in [0.2, 0.25) is 0 Å². The van der Waals surface area contributed by atoms with Crippen LogP contribution in [0.15, 0.2) is 0 Å². The molecule has 20 heavy (non-hydrogen) atoms. The fourth-order valence-electron chi connectivity index (χ4n) is 3.21. The molecule has 1 unspecified atom stereocenters. The molecule has 2 aliphatic heterocycles. The van der Waals surface area contributed by atoms with Crippen molar-refractivity contribution in [1.29, 1.82) is 0 Å². The van der Waals surface area contributed by atoms with Crippen LogP contribution in [0.4, 0.5) is 0 Å². The first-order chi connectivity index (χ1) is 9.16. The van der Waals surface area contributed by atoms with Gasteiger partial charge in [-0.05, 0) is 65.1 Å². The zero-order valence-electron chi connectivity index (χ0n) is 12.9. The van der Waals surface area contributed by atoms with E-state index in [-0.39, 0.29) is 24.2 Å². The molecule has 2 aliphatic rings. The fraction of sp³-hybridized carbons (Fsp3) is 0.933. The van der Waals surface area contributed by atoms with Gasteiger partial charge in [0.15, 0.2) is 0 Å². The van der Waals surface area contributed by atoms with Crippen LogP contribution in [-0.2, 0) is 4.79 Å². The third-order valence-electron chi connectivity index (χ3n) is 4.56. The van der Waals surface area contributed by atoms with Crippen molar-refractivity contribution in [2.24, 2.45) is 11.8 Å². The van der Waals surface area contributed by atoms with Gasteiger partial charge in [-0.3, -0.25) is 4.79 Å². The molecule has 2 heterocycles. The van der Waals surface area contributed by atoms with Crippen molar-refractivity contribution in [2.45, 2.75) is 45.6 Å². The predicted octanol–water partition coefficient (Wildman–Crippen LogP) is 1.64. The van der Waals surface area contributed by atoms with Crippen molar-refractivity contribution in [1.82, 2.24) is 15.5 Å². The summed E-state index contributed by atoms with van der Waals surface area (Å²) >= 11 is 0. The van der Waals surface area contributed by atoms with Crippen LogP contribution >= 0.6 is 12.4 Å². The van der Waals surface area contributed by atoms with Gasteiger partial charge in [-0.15, -0.1) is 12.4 Å². The van der Waals surface area contributed by atoms with E-state index in [9.17, 15) is 4.79 Å². The maximum Gasteiger partial charge on any atom is 0.223 e. The second kappa shape index (κ2) is 8.85. The number of nitrogens with one attached hydrogen (secondary N) is 2. The molecule has 4 nitrogen and oxygen atoms in total. The summed E-state index contributed by atoms with van der Waals surface area (Å²) in [5.74, 6) is 1.16. The van der Waals surface area contributed by atoms with Gasteiger partial charge in [0.2, 0.25) is 5.91 Å². The van der Waals surface area contributed by atoms with Crippen LogP contribution in [0.25, 0.3) is 0 Å². The monoisotopic (exact) mass is 303 g/mol. The molecule has 0 radical (unpaired) electrons. The Morgan fingerprint density at radius 1 is 1.30 bits per heavy atom. The molecular formula is C15H30ClN3O. The van der Waals surface area contributed by atoms with Gasteiger partial charge in [0, 0.05) is 25.0 Å². The maximum absolute atomic E-state index is 12.1. The zero-order valence-corrected chi connectivity index (χ0v) is 13.7. The Balaban J connectivity index is 0.00000200. The summed E-state index contributed by atoms with van der Waals surface area (Å²) in [5, 5.41) is 6.49. The molecular weight excluding hydrogens is 274 g/mol. The van der Waals surface area contributed by atoms with Crippen LogP contribution in [0.3, 0.4) is 0 Å². The Morgan fingerprint density at radius 3 is 2.65 bits per heavy atom. The maximum atomic E-state index is 12.1. The molecule has 2 N–H and O–H groups in total. The standard InChI is InChI=1S/C15H29N3O.ClH/c1-12(2)18-9-3-4-13(11-18)10-17-15(19)14-5-7-16-8-6-14;/h12-14,16H,3-11H2,1-2H3,(H,17,19);1H. The van der Waals surface area contributed by atoms with Crippen molar-refractivity contribution in [3.8, 4) is 0 Å². The number of hydrogen-bond donors (Lipinski definition) is 2. The van der Waals surface area contributed by atoms with Crippen LogP contribution < -0.4 is 10.6 Å². The van der Waals surface area contributed by atoms with Gasteiger partial charge in [-0.2, -0.15) is 0 Å². The van der Waals surface area contributed by atoms with Gasteiger partial charge in [0.25, 0.3) is 0 Å². The minimum absolute atomic E-state index is 0. The smallest absolute Gasteiger partial charge is 0.223 e. The Labute approximate surface area is 129 Å². The molecule has 0 spiro atoms. The molecule has 0 aromatic carbocycles. The van der Waals surface area contributed by atoms with Gasteiger partial charge >= 0.3 is 0 Å². The Hall–Kier alpha value is -0.320. The van der Waals surface area contributed by atoms with Crippen molar-refractivity contribution >= 4 is 18.3 Å². The Kier molecular flexibility index (Phi) is 7.85. The highest BCUT2D eigenvalue weighted by molar-refractivity contribution is 5.85. The first kappa shape index (κ1) is 17.7. The molecule has 2 fully saturated rings. The summed E-state index contributed by atoms with van der Waals surface area (Å²) < 4.78 is 0. The number of likely N-dealkylation sites (tertiary alicyclic amines) is 1. The predicted molar refractivity (Wildman–Crippen MR) is 85.3 cm³/mol. The average molecular weight is 304 g/mol. The largest absolute Gasteiger partial charge is 0.356 e. The second-order valence-corrected chi connectivity index (χ2v) is 6.37. The summed E-state index contributed by atoms with van der Waals surface area (Å²) in [6.07, 6.45) is 4.52. The number of carbonyl (C=O) groups excluding carboxylic acids is 1. The topological polar surface area (TPSA) is 44.4 Å². The highest BCUT2D eigenvalue weighted by Gasteiger charge is 2.24. The molecule has 2 rings (SSSR count). The lowest BCUT2D eigenvalue weighted by Gasteiger charge is -2.35. The van der Waals surface area contributed by atoms with E-state index < -0.39 is 0 Å². The van der Waals surface area contributed by atoms with Crippen LogP contribution in [0.5, 0.6) is 0 Å². The lowest BCUT2D eigenvalue weighted by Crippen LogP contribution is -2.45. The number of amides is 1. The highest BCUT2D eigenvalue weighted by Crippen LogP contribution is 2.18. The Bertz CT molecular complexity index is 293. The summed E-state index contributed by atoms with van der Waals surface area (Å²) in [6, 6.07) is 0.628. The van der Waals surface area contributed by atoms with Gasteiger partial charge < -0.3 is 15.5 Å². The van der Waals surface area contributed by atoms with Crippen molar-refractivity contribution in [2.75, 3.05) is 32.7 Å². The van der Waals surface area contributed by atoms with Crippen molar-refractivity contribution < 1.29 is 4.79 Å². The van der Waals surface area contributed by atoms with Crippen molar-refractivity contribution in [3.63, 3.8) is 0 Å². The quantitative estimate of drug-likeness (QED) is 0.830. The number of carbonyl (C=O) groups is 1. The third kappa shape index (κ3) is 5.23. The Morgan fingerprint density at radius 2 is 2.00 bits per heavy atom. The van der Waals surface area contributed by atoms with E-state index in [4.69, 9.17) is 0 Å². The molecule has 118 valence electrons. The number of piperidine rings is 2. The summed E-state index contributed by atoms with van der Waals surface area (Å²) in [6.45, 7) is 9.73. The van der Waals surface area contributed by atoms with E-state index in [1.54, 1.807) is 0 Å². The lowest BCUT2D eigenvalue weighted by molar-refractivity contribution is -0.126. The van der Waals surface area contributed by atoms with Crippen LogP contribution in [-0.4, -0.2) is 49.6 Å². The normalized spacial score (nSPS) is 25.2. The molecule has 0 saturated carbocycles. The van der Waals surface area contributed by atoms with Gasteiger partial charge in [0.05, 0.1) is 0 Å². The first-order valence-corrected chi connectivity index (χ1v) is 7.89. The number of halogens is 1. The molecule has 0 aromatic rings. The second-order valence-electron chi connectivity index (χ2n) is 6.37. The molecule has 0 bridgehead atoms. The highest BCUT2D eigenvalue weighted by atomic mass is 35.5. The number of hydrogen-bond acceptors (Lipinski definition) is 3. The molecule has 0 aliphatic carbocycles. The van der Waals surface area contributed by atoms with Crippen molar-refractivity contribution in [3.05, 3.63) is 0 Å². The van der Waals surface area contributed by atoms with E-state index in [2.05, 4.69) is 29.4 Å². The van der Waals surface area contributed by atoms with E-state index >= 15 is 0 Å². The van der Waals surface area contributed by atoms with Gasteiger partial charge in [-0.1, -0.05) is 0 Å². The van der Waals surface area contributed by atoms with Gasteiger partial charge in [-0.25, -0.2) is 0 Å². The fourth-order valence-corrected chi connectivity index (χ4v) is 3.21. The summed E-state index contributed by atoms with van der Waals surface area (Å²) in [5.41, 5.74) is 0. The van der Waals surface area contributed by atoms with Crippen LogP contribution in [0.1, 0.15) is 39.5 Å². The average Bonchev–Trinajstić information content (AvgIpc) is 2.46. The minimum atomic E-state index is 0. The van der Waals surface area contributed by atoms with E-state index in [0.717, 1.165) is 39.0 Å². The molecule has 0 aromatic heterocycles. The third-order valence-corrected chi connectivity index (χ3v) is 4.56. The minimum Gasteiger partial charge on any atom is -0.356 e. The molecule has 1 amide bonds. The zero-order chi connectivity index (χ0) is 13.7. The van der Waals surface area contributed by atoms with E-state index in [1.807, 2.05) is 0 Å². The summed E-state index contributed by atoms with van der Waals surface area (Å²) in [7, 11) is 0. The SMILES string of the molecule is CC(C)N1CCCC(CNC(=O)C2CCNCC2)C1.Cl. The molecule has 5 heteroatoms. The lowest BCUT2D eigenvalue weighted by atomic mass is 9.95. The first-order valence-electron chi connectivity index (χ1n) is 7.89. The molecule has 2 saturated heterocycles. The number of rotatable bonds is 4. The van der Waals surface area contributed by atoms with Crippen LogP contribution in [0, 0.1) is 11.8 Å². The molecule has 1 atom stereocenters. The van der Waals surface area contributed by atoms with E-state index in [1.165, 1.54) is 19.4 Å². The number of nitrogens with zero attached hydrogens (tertiary/aromatic N) is 1. The van der Waals surface area contributed by atoms with Gasteiger partial charge in [0.1, 0.15) is 0 Å². The summed E-state index contributed by atoms with van der Waals surface area (Å²) in [4.78, 5) is 14.6. The van der Waals surface area contributed by atoms with E-state index in [0.29, 0.717) is 12.0 Å².